The Kier molecular flexibility index (Phi) is 7.95. The molecule has 0 aromatic carbocycles. The summed E-state index contributed by atoms with van der Waals surface area (Å²) in [5, 5.41) is 0. The average molecular weight is 252 g/mol. The number of carbonyl (C=O) groups excluding carboxylic acids is 2. The van der Waals surface area contributed by atoms with Crippen LogP contribution in [0, 0.1) is 5.92 Å². The van der Waals surface area contributed by atoms with Crippen LogP contribution in [-0.4, -0.2) is 11.6 Å². The first-order chi connectivity index (χ1) is 8.72. The third kappa shape index (κ3) is 6.32. The molecule has 1 saturated carbocycles. The molecule has 0 amide bonds. The van der Waals surface area contributed by atoms with Gasteiger partial charge in [-0.05, 0) is 12.8 Å². The smallest absolute Gasteiger partial charge is 0.201 e. The molecule has 0 aliphatic heterocycles. The molecule has 0 heterocycles. The molecule has 0 saturated heterocycles. The first-order valence-electron chi connectivity index (χ1n) is 7.79. The van der Waals surface area contributed by atoms with Gasteiger partial charge in [-0.15, -0.1) is 0 Å². The van der Waals surface area contributed by atoms with Crippen LogP contribution in [0.2, 0.25) is 0 Å². The van der Waals surface area contributed by atoms with E-state index >= 15 is 0 Å². The molecule has 0 radical (unpaired) electrons. The highest BCUT2D eigenvalue weighted by Gasteiger charge is 2.20. The maximum absolute atomic E-state index is 11.8. The van der Waals surface area contributed by atoms with E-state index in [1.54, 1.807) is 0 Å². The van der Waals surface area contributed by atoms with Crippen LogP contribution in [0.3, 0.4) is 0 Å². The summed E-state index contributed by atoms with van der Waals surface area (Å²) in [6.07, 6.45) is 13.5. The van der Waals surface area contributed by atoms with Crippen molar-refractivity contribution in [1.82, 2.24) is 0 Å². The lowest BCUT2D eigenvalue weighted by atomic mass is 9.94. The molecule has 0 spiro atoms. The lowest BCUT2D eigenvalue weighted by Crippen LogP contribution is -2.21. The molecule has 104 valence electrons. The Morgan fingerprint density at radius 1 is 0.722 bits per heavy atom. The molecule has 0 aromatic rings. The zero-order valence-corrected chi connectivity index (χ0v) is 11.9. The molecule has 0 bridgehead atoms. The standard InChI is InChI=1S/C16H28O2/c1-14-12-10-8-6-4-2-3-5-7-9-11-13-15(17)16(14)18/h14H,2-13H2,1H3. The van der Waals surface area contributed by atoms with E-state index in [-0.39, 0.29) is 17.5 Å². The van der Waals surface area contributed by atoms with Crippen molar-refractivity contribution in [3.63, 3.8) is 0 Å². The Bertz CT molecular complexity index is 258. The molecule has 2 nitrogen and oxygen atoms in total. The number of hydrogen-bond acceptors (Lipinski definition) is 2. The van der Waals surface area contributed by atoms with Crippen LogP contribution in [0.4, 0.5) is 0 Å². The first-order valence-corrected chi connectivity index (χ1v) is 7.79. The summed E-state index contributed by atoms with van der Waals surface area (Å²) in [5.41, 5.74) is 0. The van der Waals surface area contributed by atoms with Gasteiger partial charge in [-0.3, -0.25) is 9.59 Å². The van der Waals surface area contributed by atoms with Gasteiger partial charge in [0.05, 0.1) is 0 Å². The third-order valence-electron chi connectivity index (χ3n) is 4.01. The lowest BCUT2D eigenvalue weighted by Gasteiger charge is -2.09. The average Bonchev–Trinajstić information content (AvgIpc) is 2.38. The molecular formula is C16H28O2. The predicted octanol–water partition coefficient (Wildman–Crippen LogP) is 4.46. The van der Waals surface area contributed by atoms with Crippen LogP contribution in [0.25, 0.3) is 0 Å². The molecule has 18 heavy (non-hydrogen) atoms. The van der Waals surface area contributed by atoms with Gasteiger partial charge in [0, 0.05) is 12.3 Å². The van der Waals surface area contributed by atoms with Gasteiger partial charge in [-0.2, -0.15) is 0 Å². The maximum Gasteiger partial charge on any atom is 0.201 e. The topological polar surface area (TPSA) is 34.1 Å². The van der Waals surface area contributed by atoms with Crippen molar-refractivity contribution in [2.75, 3.05) is 0 Å². The molecule has 1 fully saturated rings. The minimum Gasteiger partial charge on any atom is -0.291 e. The van der Waals surface area contributed by atoms with Crippen molar-refractivity contribution in [3.8, 4) is 0 Å². The van der Waals surface area contributed by atoms with Crippen LogP contribution >= 0.6 is 0 Å². The largest absolute Gasteiger partial charge is 0.291 e. The zero-order valence-electron chi connectivity index (χ0n) is 11.9. The predicted molar refractivity (Wildman–Crippen MR) is 74.6 cm³/mol. The second kappa shape index (κ2) is 9.29. The number of Topliss-reactive ketones (excluding diaryl/α,β-unsaturated/α-hetero) is 2. The Balaban J connectivity index is 2.38. The quantitative estimate of drug-likeness (QED) is 0.597. The van der Waals surface area contributed by atoms with Gasteiger partial charge in [0.1, 0.15) is 0 Å². The number of ketones is 2. The summed E-state index contributed by atoms with van der Waals surface area (Å²) < 4.78 is 0. The fourth-order valence-electron chi connectivity index (χ4n) is 2.68. The number of hydrogen-bond donors (Lipinski definition) is 0. The van der Waals surface area contributed by atoms with Gasteiger partial charge in [-0.25, -0.2) is 0 Å². The Labute approximate surface area is 112 Å². The van der Waals surface area contributed by atoms with Gasteiger partial charge in [0.2, 0.25) is 5.78 Å². The van der Waals surface area contributed by atoms with Crippen molar-refractivity contribution < 1.29 is 9.59 Å². The van der Waals surface area contributed by atoms with E-state index in [0.29, 0.717) is 6.42 Å². The highest BCUT2D eigenvalue weighted by atomic mass is 16.2. The van der Waals surface area contributed by atoms with Crippen LogP contribution in [0.1, 0.15) is 84.0 Å². The second-order valence-electron chi connectivity index (χ2n) is 5.76. The zero-order chi connectivity index (χ0) is 13.2. The normalized spacial score (nSPS) is 26.4. The van der Waals surface area contributed by atoms with Crippen molar-refractivity contribution in [1.29, 1.82) is 0 Å². The van der Waals surface area contributed by atoms with Crippen LogP contribution in [0.15, 0.2) is 0 Å². The van der Waals surface area contributed by atoms with Crippen LogP contribution in [-0.2, 0) is 9.59 Å². The molecule has 1 aliphatic carbocycles. The molecule has 1 aliphatic rings. The van der Waals surface area contributed by atoms with Gasteiger partial charge in [0.25, 0.3) is 0 Å². The molecule has 1 atom stereocenters. The minimum atomic E-state index is -0.127. The highest BCUT2D eigenvalue weighted by molar-refractivity contribution is 6.37. The summed E-state index contributed by atoms with van der Waals surface area (Å²) in [6.45, 7) is 1.91. The van der Waals surface area contributed by atoms with Gasteiger partial charge in [-0.1, -0.05) is 64.7 Å². The molecule has 1 rings (SSSR count). The van der Waals surface area contributed by atoms with Crippen molar-refractivity contribution in [3.05, 3.63) is 0 Å². The molecular weight excluding hydrogens is 224 g/mol. The monoisotopic (exact) mass is 252 g/mol. The van der Waals surface area contributed by atoms with Gasteiger partial charge in [0.15, 0.2) is 5.78 Å². The fraction of sp³-hybridized carbons (Fsp3) is 0.875. The number of rotatable bonds is 0. The van der Waals surface area contributed by atoms with Gasteiger partial charge >= 0.3 is 0 Å². The van der Waals surface area contributed by atoms with Crippen LogP contribution in [0.5, 0.6) is 0 Å². The van der Waals surface area contributed by atoms with Crippen molar-refractivity contribution in [2.45, 2.75) is 84.0 Å². The van der Waals surface area contributed by atoms with E-state index in [4.69, 9.17) is 0 Å². The lowest BCUT2D eigenvalue weighted by molar-refractivity contribution is -0.138. The van der Waals surface area contributed by atoms with E-state index in [2.05, 4.69) is 0 Å². The third-order valence-corrected chi connectivity index (χ3v) is 4.01. The molecule has 0 aromatic heterocycles. The molecule has 2 heteroatoms. The SMILES string of the molecule is CC1CCCCCCCCCCCCC(=O)C1=O. The van der Waals surface area contributed by atoms with E-state index in [9.17, 15) is 9.59 Å². The Hall–Kier alpha value is -0.660. The summed E-state index contributed by atoms with van der Waals surface area (Å²) in [7, 11) is 0. The number of carbonyl (C=O) groups is 2. The van der Waals surface area contributed by atoms with E-state index in [1.807, 2.05) is 6.92 Å². The van der Waals surface area contributed by atoms with Crippen LogP contribution < -0.4 is 0 Å². The summed E-state index contributed by atoms with van der Waals surface area (Å²) in [6, 6.07) is 0. The molecule has 1 unspecified atom stereocenters. The summed E-state index contributed by atoms with van der Waals surface area (Å²) >= 11 is 0. The van der Waals surface area contributed by atoms with Crippen molar-refractivity contribution >= 4 is 11.6 Å². The van der Waals surface area contributed by atoms with Crippen molar-refractivity contribution in [2.24, 2.45) is 5.92 Å². The summed E-state index contributed by atoms with van der Waals surface area (Å²) in [4.78, 5) is 23.5. The Morgan fingerprint density at radius 3 is 1.72 bits per heavy atom. The van der Waals surface area contributed by atoms with E-state index in [1.165, 1.54) is 44.9 Å². The minimum absolute atomic E-state index is 0.0531. The maximum atomic E-state index is 11.8. The van der Waals surface area contributed by atoms with E-state index in [0.717, 1.165) is 25.7 Å². The Morgan fingerprint density at radius 2 is 1.17 bits per heavy atom. The molecule has 0 N–H and O–H groups in total. The fourth-order valence-corrected chi connectivity index (χ4v) is 2.68. The van der Waals surface area contributed by atoms with Gasteiger partial charge < -0.3 is 0 Å². The first kappa shape index (κ1) is 15.4. The second-order valence-corrected chi connectivity index (χ2v) is 5.76. The highest BCUT2D eigenvalue weighted by Crippen LogP contribution is 2.17. The van der Waals surface area contributed by atoms with E-state index < -0.39 is 0 Å². The summed E-state index contributed by atoms with van der Waals surface area (Å²) in [5.74, 6) is -0.301.